The van der Waals surface area contributed by atoms with Gasteiger partial charge in [-0.2, -0.15) is 0 Å². The van der Waals surface area contributed by atoms with Gasteiger partial charge >= 0.3 is 0 Å². The van der Waals surface area contributed by atoms with Gasteiger partial charge in [0.25, 0.3) is 0 Å². The maximum absolute atomic E-state index is 12.0. The average Bonchev–Trinajstić information content (AvgIpc) is 2.28. The molecule has 0 saturated carbocycles. The minimum atomic E-state index is -3.47. The number of sulfonamides is 1. The van der Waals surface area contributed by atoms with Crippen molar-refractivity contribution in [2.45, 2.75) is 31.2 Å². The SMILES string of the molecule is CC[C@H](C)NS(=O)(=O)c1ccc(Br)c(OC)c1. The predicted octanol–water partition coefficient (Wildman–Crippen LogP) is 2.53. The summed E-state index contributed by atoms with van der Waals surface area (Å²) < 4.78 is 32.4. The standard InChI is InChI=1S/C11H16BrNO3S/c1-4-8(2)13-17(14,15)9-5-6-10(12)11(7-9)16-3/h5-8,13H,4H2,1-3H3/t8-/m0/s1. The van der Waals surface area contributed by atoms with Crippen molar-refractivity contribution < 1.29 is 13.2 Å². The predicted molar refractivity (Wildman–Crippen MR) is 70.8 cm³/mol. The van der Waals surface area contributed by atoms with Crippen LogP contribution in [0.1, 0.15) is 20.3 Å². The quantitative estimate of drug-likeness (QED) is 0.906. The minimum absolute atomic E-state index is 0.0883. The molecule has 0 aliphatic rings. The van der Waals surface area contributed by atoms with Crippen LogP contribution in [0.25, 0.3) is 0 Å². The highest BCUT2D eigenvalue weighted by Gasteiger charge is 2.17. The van der Waals surface area contributed by atoms with Gasteiger partial charge in [0.1, 0.15) is 5.75 Å². The van der Waals surface area contributed by atoms with Gasteiger partial charge in [-0.05, 0) is 41.4 Å². The van der Waals surface area contributed by atoms with E-state index in [0.717, 1.165) is 10.9 Å². The third-order valence-corrected chi connectivity index (χ3v) is 4.64. The first kappa shape index (κ1) is 14.5. The van der Waals surface area contributed by atoms with Crippen molar-refractivity contribution in [2.75, 3.05) is 7.11 Å². The molecule has 0 aliphatic heterocycles. The fourth-order valence-corrected chi connectivity index (χ4v) is 2.97. The normalized spacial score (nSPS) is 13.4. The van der Waals surface area contributed by atoms with E-state index < -0.39 is 10.0 Å². The van der Waals surface area contributed by atoms with Gasteiger partial charge in [0.15, 0.2) is 0 Å². The molecule has 0 bridgehead atoms. The highest BCUT2D eigenvalue weighted by Crippen LogP contribution is 2.27. The van der Waals surface area contributed by atoms with Gasteiger partial charge in [-0.15, -0.1) is 0 Å². The van der Waals surface area contributed by atoms with Crippen molar-refractivity contribution in [3.05, 3.63) is 22.7 Å². The van der Waals surface area contributed by atoms with Crippen molar-refractivity contribution in [1.29, 1.82) is 0 Å². The van der Waals surface area contributed by atoms with Crippen molar-refractivity contribution >= 4 is 26.0 Å². The zero-order valence-corrected chi connectivity index (χ0v) is 12.4. The molecule has 1 atom stereocenters. The van der Waals surface area contributed by atoms with Crippen molar-refractivity contribution in [2.24, 2.45) is 0 Å². The summed E-state index contributed by atoms with van der Waals surface area (Å²) in [6.45, 7) is 3.75. The monoisotopic (exact) mass is 321 g/mol. The number of hydrogen-bond donors (Lipinski definition) is 1. The molecule has 1 N–H and O–H groups in total. The van der Waals surface area contributed by atoms with Crippen molar-refractivity contribution in [3.8, 4) is 5.75 Å². The second-order valence-electron chi connectivity index (χ2n) is 3.73. The molecule has 17 heavy (non-hydrogen) atoms. The third-order valence-electron chi connectivity index (χ3n) is 2.40. The number of nitrogens with one attached hydrogen (secondary N) is 1. The van der Waals surface area contributed by atoms with Crippen LogP contribution in [0.2, 0.25) is 0 Å². The lowest BCUT2D eigenvalue weighted by Crippen LogP contribution is -2.31. The van der Waals surface area contributed by atoms with E-state index in [0.29, 0.717) is 5.75 Å². The smallest absolute Gasteiger partial charge is 0.240 e. The molecule has 6 heteroatoms. The molecule has 0 radical (unpaired) electrons. The second-order valence-corrected chi connectivity index (χ2v) is 6.30. The number of halogens is 1. The Morgan fingerprint density at radius 3 is 2.65 bits per heavy atom. The lowest BCUT2D eigenvalue weighted by atomic mass is 10.3. The van der Waals surface area contributed by atoms with E-state index in [1.807, 2.05) is 13.8 Å². The molecule has 0 amide bonds. The maximum Gasteiger partial charge on any atom is 0.240 e. The summed E-state index contributed by atoms with van der Waals surface area (Å²) in [7, 11) is -1.97. The largest absolute Gasteiger partial charge is 0.496 e. The zero-order chi connectivity index (χ0) is 13.1. The first-order valence-corrected chi connectivity index (χ1v) is 7.54. The van der Waals surface area contributed by atoms with Gasteiger partial charge < -0.3 is 4.74 Å². The van der Waals surface area contributed by atoms with Gasteiger partial charge in [0.05, 0.1) is 16.5 Å². The number of benzene rings is 1. The molecule has 0 heterocycles. The average molecular weight is 322 g/mol. The molecule has 0 aromatic heterocycles. The molecule has 0 saturated heterocycles. The highest BCUT2D eigenvalue weighted by atomic mass is 79.9. The van der Waals surface area contributed by atoms with Gasteiger partial charge in [-0.3, -0.25) is 0 Å². The van der Waals surface area contributed by atoms with Crippen LogP contribution in [0.5, 0.6) is 5.75 Å². The van der Waals surface area contributed by atoms with Gasteiger partial charge in [0, 0.05) is 12.1 Å². The summed E-state index contributed by atoms with van der Waals surface area (Å²) in [5.74, 6) is 0.497. The van der Waals surface area contributed by atoms with Gasteiger partial charge in [0.2, 0.25) is 10.0 Å². The molecule has 1 rings (SSSR count). The lowest BCUT2D eigenvalue weighted by Gasteiger charge is -2.13. The Morgan fingerprint density at radius 2 is 2.12 bits per heavy atom. The number of ether oxygens (including phenoxy) is 1. The number of methoxy groups -OCH3 is 1. The van der Waals surface area contributed by atoms with E-state index in [1.54, 1.807) is 6.07 Å². The minimum Gasteiger partial charge on any atom is -0.496 e. The summed E-state index contributed by atoms with van der Waals surface area (Å²) in [6, 6.07) is 4.60. The maximum atomic E-state index is 12.0. The highest BCUT2D eigenvalue weighted by molar-refractivity contribution is 9.10. The second kappa shape index (κ2) is 5.84. The summed E-state index contributed by atoms with van der Waals surface area (Å²) in [4.78, 5) is 0.206. The topological polar surface area (TPSA) is 55.4 Å². The molecule has 0 spiro atoms. The Labute approximate surface area is 111 Å². The van der Waals surface area contributed by atoms with Crippen molar-refractivity contribution in [1.82, 2.24) is 4.72 Å². The molecular weight excluding hydrogens is 306 g/mol. The van der Waals surface area contributed by atoms with Gasteiger partial charge in [-0.25, -0.2) is 13.1 Å². The first-order valence-electron chi connectivity index (χ1n) is 5.26. The molecule has 4 nitrogen and oxygen atoms in total. The summed E-state index contributed by atoms with van der Waals surface area (Å²) in [5.41, 5.74) is 0. The summed E-state index contributed by atoms with van der Waals surface area (Å²) >= 11 is 3.28. The lowest BCUT2D eigenvalue weighted by molar-refractivity contribution is 0.410. The van der Waals surface area contributed by atoms with Crippen LogP contribution in [-0.4, -0.2) is 21.6 Å². The number of hydrogen-bond acceptors (Lipinski definition) is 3. The van der Waals surface area contributed by atoms with Crippen LogP contribution in [0, 0.1) is 0 Å². The molecule has 0 aliphatic carbocycles. The van der Waals surface area contributed by atoms with Crippen LogP contribution in [0.4, 0.5) is 0 Å². The van der Waals surface area contributed by atoms with E-state index in [1.165, 1.54) is 19.2 Å². The molecule has 96 valence electrons. The van der Waals surface area contributed by atoms with E-state index in [2.05, 4.69) is 20.7 Å². The van der Waals surface area contributed by atoms with Crippen molar-refractivity contribution in [3.63, 3.8) is 0 Å². The summed E-state index contributed by atoms with van der Waals surface area (Å²) in [5, 5.41) is 0. The Balaban J connectivity index is 3.07. The molecule has 1 aromatic carbocycles. The zero-order valence-electron chi connectivity index (χ0n) is 10.0. The van der Waals surface area contributed by atoms with E-state index in [-0.39, 0.29) is 10.9 Å². The van der Waals surface area contributed by atoms with Crippen LogP contribution in [0.15, 0.2) is 27.6 Å². The van der Waals surface area contributed by atoms with E-state index in [9.17, 15) is 8.42 Å². The molecule has 1 aromatic rings. The van der Waals surface area contributed by atoms with E-state index >= 15 is 0 Å². The molecule has 0 unspecified atom stereocenters. The first-order chi connectivity index (χ1) is 7.90. The van der Waals surface area contributed by atoms with Crippen LogP contribution >= 0.6 is 15.9 Å². The Kier molecular flexibility index (Phi) is 4.97. The Bertz CT molecular complexity index is 487. The van der Waals surface area contributed by atoms with Crippen LogP contribution in [0.3, 0.4) is 0 Å². The Hall–Kier alpha value is -0.590. The fourth-order valence-electron chi connectivity index (χ4n) is 1.22. The van der Waals surface area contributed by atoms with Gasteiger partial charge in [-0.1, -0.05) is 6.92 Å². The summed E-state index contributed by atoms with van der Waals surface area (Å²) in [6.07, 6.45) is 0.743. The number of rotatable bonds is 5. The third kappa shape index (κ3) is 3.69. The molecule has 0 fully saturated rings. The van der Waals surface area contributed by atoms with Crippen LogP contribution in [-0.2, 0) is 10.0 Å². The van der Waals surface area contributed by atoms with Crippen LogP contribution < -0.4 is 9.46 Å². The molecular formula is C11H16BrNO3S. The van der Waals surface area contributed by atoms with E-state index in [4.69, 9.17) is 4.74 Å². The Morgan fingerprint density at radius 1 is 1.47 bits per heavy atom. The fraction of sp³-hybridized carbons (Fsp3) is 0.455.